The minimum Gasteiger partial charge on any atom is -0.388 e. The number of rotatable bonds is 3. The van der Waals surface area contributed by atoms with Gasteiger partial charge in [-0.2, -0.15) is 0 Å². The van der Waals surface area contributed by atoms with Gasteiger partial charge in [-0.15, -0.1) is 0 Å². The molecule has 3 nitrogen and oxygen atoms in total. The van der Waals surface area contributed by atoms with Crippen LogP contribution in [0, 0.1) is 12.7 Å². The largest absolute Gasteiger partial charge is 0.388 e. The molecule has 0 fully saturated rings. The smallest absolute Gasteiger partial charge is 0.129 e. The second kappa shape index (κ2) is 5.14. The van der Waals surface area contributed by atoms with Crippen LogP contribution >= 0.6 is 0 Å². The molecule has 1 atom stereocenters. The molecule has 18 heavy (non-hydrogen) atoms. The zero-order valence-corrected chi connectivity index (χ0v) is 10.1. The van der Waals surface area contributed by atoms with Gasteiger partial charge in [-0.05, 0) is 30.2 Å². The van der Waals surface area contributed by atoms with E-state index in [0.717, 1.165) is 5.56 Å². The Bertz CT molecular complexity index is 557. The third kappa shape index (κ3) is 2.65. The van der Waals surface area contributed by atoms with Crippen LogP contribution in [0.1, 0.15) is 22.8 Å². The Morgan fingerprint density at radius 3 is 2.83 bits per heavy atom. The molecule has 0 saturated carbocycles. The number of nitrogens with two attached hydrogens (primary N) is 1. The number of hydrogen-bond donors (Lipinski definition) is 2. The third-order valence-corrected chi connectivity index (χ3v) is 2.82. The molecule has 1 aromatic carbocycles. The van der Waals surface area contributed by atoms with Crippen LogP contribution < -0.4 is 5.73 Å². The van der Waals surface area contributed by atoms with E-state index in [1.54, 1.807) is 30.5 Å². The summed E-state index contributed by atoms with van der Waals surface area (Å²) in [5, 5.41) is 10.1. The van der Waals surface area contributed by atoms with Crippen molar-refractivity contribution in [1.82, 2.24) is 4.98 Å². The Labute approximate surface area is 105 Å². The van der Waals surface area contributed by atoms with Crippen molar-refractivity contribution in [2.24, 2.45) is 0 Å². The second-order valence-electron chi connectivity index (χ2n) is 4.30. The zero-order valence-electron chi connectivity index (χ0n) is 10.1. The number of anilines is 1. The minimum atomic E-state index is -0.853. The van der Waals surface area contributed by atoms with E-state index in [9.17, 15) is 9.50 Å². The number of nitrogen functional groups attached to an aromatic ring is 1. The molecule has 1 aromatic heterocycles. The predicted octanol–water partition coefficient (Wildman–Crippen LogP) is 2.39. The molecule has 2 aromatic rings. The average Bonchev–Trinajstić information content (AvgIpc) is 2.35. The minimum absolute atomic E-state index is 0.183. The van der Waals surface area contributed by atoms with Crippen LogP contribution in [0.15, 0.2) is 36.5 Å². The van der Waals surface area contributed by atoms with Gasteiger partial charge >= 0.3 is 0 Å². The van der Waals surface area contributed by atoms with Gasteiger partial charge < -0.3 is 10.8 Å². The van der Waals surface area contributed by atoms with Gasteiger partial charge in [0.1, 0.15) is 11.6 Å². The van der Waals surface area contributed by atoms with E-state index < -0.39 is 6.10 Å². The number of aliphatic hydroxyl groups is 1. The van der Waals surface area contributed by atoms with Gasteiger partial charge in [0.25, 0.3) is 0 Å². The van der Waals surface area contributed by atoms with Gasteiger partial charge in [-0.3, -0.25) is 0 Å². The summed E-state index contributed by atoms with van der Waals surface area (Å²) in [6.07, 6.45) is 0.964. The Balaban J connectivity index is 2.25. The average molecular weight is 246 g/mol. The molecule has 1 heterocycles. The molecule has 0 bridgehead atoms. The molecule has 3 N–H and O–H groups in total. The highest BCUT2D eigenvalue weighted by atomic mass is 19.1. The maximum atomic E-state index is 13.5. The molecule has 0 aliphatic carbocycles. The van der Waals surface area contributed by atoms with Crippen molar-refractivity contribution in [2.45, 2.75) is 19.4 Å². The van der Waals surface area contributed by atoms with Crippen LogP contribution in [-0.4, -0.2) is 10.1 Å². The summed E-state index contributed by atoms with van der Waals surface area (Å²) in [5.41, 5.74) is 7.63. The van der Waals surface area contributed by atoms with Crippen LogP contribution in [-0.2, 0) is 6.42 Å². The molecular formula is C14H15FN2O. The summed E-state index contributed by atoms with van der Waals surface area (Å²) >= 11 is 0. The van der Waals surface area contributed by atoms with E-state index in [0.29, 0.717) is 11.1 Å². The number of nitrogens with zero attached hydrogens (tertiary/aromatic N) is 1. The topological polar surface area (TPSA) is 59.1 Å². The SMILES string of the molecule is Cc1cnc(N)c(C(O)Cc2ccccc2F)c1. The summed E-state index contributed by atoms with van der Waals surface area (Å²) in [7, 11) is 0. The number of aryl methyl sites for hydroxylation is 1. The monoisotopic (exact) mass is 246 g/mol. The summed E-state index contributed by atoms with van der Waals surface area (Å²) in [6, 6.07) is 8.16. The number of hydrogen-bond acceptors (Lipinski definition) is 3. The second-order valence-corrected chi connectivity index (χ2v) is 4.30. The maximum absolute atomic E-state index is 13.5. The molecule has 1 unspecified atom stereocenters. The van der Waals surface area contributed by atoms with Crippen molar-refractivity contribution in [1.29, 1.82) is 0 Å². The molecule has 0 spiro atoms. The van der Waals surface area contributed by atoms with Gasteiger partial charge in [0, 0.05) is 18.2 Å². The lowest BCUT2D eigenvalue weighted by molar-refractivity contribution is 0.177. The number of benzene rings is 1. The van der Waals surface area contributed by atoms with Crippen molar-refractivity contribution in [3.8, 4) is 0 Å². The first-order chi connectivity index (χ1) is 8.58. The van der Waals surface area contributed by atoms with E-state index >= 15 is 0 Å². The van der Waals surface area contributed by atoms with Gasteiger partial charge in [0.15, 0.2) is 0 Å². The fourth-order valence-electron chi connectivity index (χ4n) is 1.85. The summed E-state index contributed by atoms with van der Waals surface area (Å²) < 4.78 is 13.5. The van der Waals surface area contributed by atoms with Crippen molar-refractivity contribution in [3.05, 3.63) is 59.0 Å². The Morgan fingerprint density at radius 1 is 1.39 bits per heavy atom. The van der Waals surface area contributed by atoms with Gasteiger partial charge in [-0.25, -0.2) is 9.37 Å². The molecule has 0 radical (unpaired) electrons. The molecule has 0 aliphatic rings. The van der Waals surface area contributed by atoms with Crippen molar-refractivity contribution < 1.29 is 9.50 Å². The van der Waals surface area contributed by atoms with Crippen LogP contribution in [0.25, 0.3) is 0 Å². The first kappa shape index (κ1) is 12.5. The molecule has 4 heteroatoms. The summed E-state index contributed by atoms with van der Waals surface area (Å²) in [5.74, 6) is -0.0415. The first-order valence-electron chi connectivity index (χ1n) is 5.71. The van der Waals surface area contributed by atoms with Crippen LogP contribution in [0.4, 0.5) is 10.2 Å². The number of aliphatic hydroxyl groups excluding tert-OH is 1. The molecule has 94 valence electrons. The fourth-order valence-corrected chi connectivity index (χ4v) is 1.85. The summed E-state index contributed by atoms with van der Waals surface area (Å²) in [4.78, 5) is 3.99. The van der Waals surface area contributed by atoms with Crippen molar-refractivity contribution in [3.63, 3.8) is 0 Å². The maximum Gasteiger partial charge on any atom is 0.129 e. The van der Waals surface area contributed by atoms with E-state index in [-0.39, 0.29) is 18.1 Å². The Kier molecular flexibility index (Phi) is 3.58. The molecular weight excluding hydrogens is 231 g/mol. The van der Waals surface area contributed by atoms with Gasteiger partial charge in [0.2, 0.25) is 0 Å². The van der Waals surface area contributed by atoms with Crippen molar-refractivity contribution >= 4 is 5.82 Å². The van der Waals surface area contributed by atoms with Gasteiger partial charge in [0.05, 0.1) is 6.10 Å². The predicted molar refractivity (Wildman–Crippen MR) is 68.5 cm³/mol. The van der Waals surface area contributed by atoms with Crippen LogP contribution in [0.3, 0.4) is 0 Å². The Morgan fingerprint density at radius 2 is 2.11 bits per heavy atom. The lowest BCUT2D eigenvalue weighted by Crippen LogP contribution is -2.08. The van der Waals surface area contributed by atoms with E-state index in [1.165, 1.54) is 6.07 Å². The highest BCUT2D eigenvalue weighted by Gasteiger charge is 2.14. The fraction of sp³-hybridized carbons (Fsp3) is 0.214. The highest BCUT2D eigenvalue weighted by molar-refractivity contribution is 5.42. The molecule has 0 amide bonds. The molecule has 0 saturated heterocycles. The quantitative estimate of drug-likeness (QED) is 0.874. The molecule has 2 rings (SSSR count). The summed E-state index contributed by atoms with van der Waals surface area (Å²) in [6.45, 7) is 1.87. The number of halogens is 1. The normalized spacial score (nSPS) is 12.4. The molecule has 0 aliphatic heterocycles. The van der Waals surface area contributed by atoms with Crippen LogP contribution in [0.2, 0.25) is 0 Å². The standard InChI is InChI=1S/C14H15FN2O/c1-9-6-11(14(16)17-8-9)13(18)7-10-4-2-3-5-12(10)15/h2-6,8,13,18H,7H2,1H3,(H2,16,17). The number of pyridine rings is 1. The highest BCUT2D eigenvalue weighted by Crippen LogP contribution is 2.24. The van der Waals surface area contributed by atoms with E-state index in [2.05, 4.69) is 4.98 Å². The van der Waals surface area contributed by atoms with E-state index in [1.807, 2.05) is 6.92 Å². The van der Waals surface area contributed by atoms with Gasteiger partial charge in [-0.1, -0.05) is 18.2 Å². The van der Waals surface area contributed by atoms with E-state index in [4.69, 9.17) is 5.73 Å². The zero-order chi connectivity index (χ0) is 13.1. The Hall–Kier alpha value is -1.94. The number of aromatic nitrogens is 1. The van der Waals surface area contributed by atoms with Crippen molar-refractivity contribution in [2.75, 3.05) is 5.73 Å². The first-order valence-corrected chi connectivity index (χ1v) is 5.71. The lowest BCUT2D eigenvalue weighted by Gasteiger charge is -2.14. The lowest BCUT2D eigenvalue weighted by atomic mass is 10.0. The van der Waals surface area contributed by atoms with Crippen LogP contribution in [0.5, 0.6) is 0 Å². The third-order valence-electron chi connectivity index (χ3n) is 2.82.